The van der Waals surface area contributed by atoms with Crippen LogP contribution < -0.4 is 4.74 Å². The Morgan fingerprint density at radius 2 is 2.36 bits per heavy atom. The standard InChI is InChI=1S/C11H9ClO2/c1-2-3-7-11(13)14-10-6-4-5-9(12)8-10/h1,4-6,8H,3,7H2. The second kappa shape index (κ2) is 5.31. The molecule has 0 saturated carbocycles. The predicted molar refractivity (Wildman–Crippen MR) is 55.2 cm³/mol. The van der Waals surface area contributed by atoms with E-state index >= 15 is 0 Å². The Balaban J connectivity index is 2.53. The molecular weight excluding hydrogens is 200 g/mol. The van der Waals surface area contributed by atoms with Gasteiger partial charge in [-0.05, 0) is 18.2 Å². The summed E-state index contributed by atoms with van der Waals surface area (Å²) >= 11 is 5.71. The van der Waals surface area contributed by atoms with Crippen LogP contribution in [-0.4, -0.2) is 5.97 Å². The number of hydrogen-bond acceptors (Lipinski definition) is 2. The molecule has 1 rings (SSSR count). The molecule has 0 aliphatic carbocycles. The molecule has 0 radical (unpaired) electrons. The lowest BCUT2D eigenvalue weighted by Crippen LogP contribution is -2.06. The molecule has 0 saturated heterocycles. The van der Waals surface area contributed by atoms with Crippen molar-refractivity contribution in [3.63, 3.8) is 0 Å². The fourth-order valence-electron chi connectivity index (χ4n) is 0.887. The molecule has 3 heteroatoms. The van der Waals surface area contributed by atoms with E-state index in [2.05, 4.69) is 5.92 Å². The molecule has 0 aliphatic rings. The maximum Gasteiger partial charge on any atom is 0.312 e. The van der Waals surface area contributed by atoms with Gasteiger partial charge in [0.05, 0.1) is 6.42 Å². The van der Waals surface area contributed by atoms with Gasteiger partial charge in [0, 0.05) is 11.4 Å². The molecule has 14 heavy (non-hydrogen) atoms. The van der Waals surface area contributed by atoms with Crippen LogP contribution in [-0.2, 0) is 4.79 Å². The van der Waals surface area contributed by atoms with Gasteiger partial charge in [0.2, 0.25) is 0 Å². The van der Waals surface area contributed by atoms with Crippen LogP contribution in [0.5, 0.6) is 5.75 Å². The van der Waals surface area contributed by atoms with Crippen LogP contribution in [0.4, 0.5) is 0 Å². The van der Waals surface area contributed by atoms with Gasteiger partial charge in [-0.3, -0.25) is 4.79 Å². The number of hydrogen-bond donors (Lipinski definition) is 0. The van der Waals surface area contributed by atoms with Crippen molar-refractivity contribution >= 4 is 17.6 Å². The number of terminal acetylenes is 1. The van der Waals surface area contributed by atoms with Gasteiger partial charge in [-0.2, -0.15) is 0 Å². The lowest BCUT2D eigenvalue weighted by Gasteiger charge is -2.02. The van der Waals surface area contributed by atoms with Gasteiger partial charge >= 0.3 is 5.97 Å². The first-order chi connectivity index (χ1) is 6.72. The van der Waals surface area contributed by atoms with Crippen molar-refractivity contribution in [2.24, 2.45) is 0 Å². The van der Waals surface area contributed by atoms with Crippen LogP contribution >= 0.6 is 11.6 Å². The van der Waals surface area contributed by atoms with Gasteiger partial charge in [0.25, 0.3) is 0 Å². The average Bonchev–Trinajstić information content (AvgIpc) is 2.15. The lowest BCUT2D eigenvalue weighted by atomic mass is 10.3. The molecule has 1 aromatic carbocycles. The van der Waals surface area contributed by atoms with Gasteiger partial charge in [0.1, 0.15) is 5.75 Å². The maximum absolute atomic E-state index is 11.1. The van der Waals surface area contributed by atoms with E-state index in [1.807, 2.05) is 0 Å². The highest BCUT2D eigenvalue weighted by Crippen LogP contribution is 2.17. The van der Waals surface area contributed by atoms with Crippen molar-refractivity contribution in [1.29, 1.82) is 0 Å². The Labute approximate surface area is 87.8 Å². The summed E-state index contributed by atoms with van der Waals surface area (Å²) in [6, 6.07) is 6.67. The zero-order valence-electron chi connectivity index (χ0n) is 7.50. The highest BCUT2D eigenvalue weighted by Gasteiger charge is 2.03. The summed E-state index contributed by atoms with van der Waals surface area (Å²) in [5.74, 6) is 2.47. The van der Waals surface area contributed by atoms with Crippen molar-refractivity contribution in [2.45, 2.75) is 12.8 Å². The molecule has 72 valence electrons. The fourth-order valence-corrected chi connectivity index (χ4v) is 1.07. The first-order valence-corrected chi connectivity index (χ1v) is 4.50. The van der Waals surface area contributed by atoms with E-state index in [4.69, 9.17) is 22.8 Å². The normalized spacial score (nSPS) is 9.14. The molecule has 0 bridgehead atoms. The summed E-state index contributed by atoms with van der Waals surface area (Å²) < 4.78 is 4.98. The number of halogens is 1. The molecule has 0 amide bonds. The average molecular weight is 209 g/mol. The molecule has 0 N–H and O–H groups in total. The van der Waals surface area contributed by atoms with Crippen molar-refractivity contribution in [3.8, 4) is 18.1 Å². The Hall–Kier alpha value is -1.46. The summed E-state index contributed by atoms with van der Waals surface area (Å²) in [7, 11) is 0. The minimum Gasteiger partial charge on any atom is -0.426 e. The molecule has 2 nitrogen and oxygen atoms in total. The van der Waals surface area contributed by atoms with E-state index in [1.165, 1.54) is 0 Å². The molecule has 0 aromatic heterocycles. The summed E-state index contributed by atoms with van der Waals surface area (Å²) in [6.07, 6.45) is 5.63. The number of carbonyl (C=O) groups is 1. The predicted octanol–water partition coefficient (Wildman–Crippen LogP) is 2.66. The summed E-state index contributed by atoms with van der Waals surface area (Å²) in [4.78, 5) is 11.1. The first kappa shape index (κ1) is 10.6. The van der Waals surface area contributed by atoms with Crippen LogP contribution in [0.1, 0.15) is 12.8 Å². The van der Waals surface area contributed by atoms with E-state index in [9.17, 15) is 4.79 Å². The number of rotatable bonds is 3. The molecule has 0 unspecified atom stereocenters. The van der Waals surface area contributed by atoms with Crippen LogP contribution in [0.3, 0.4) is 0 Å². The zero-order chi connectivity index (χ0) is 10.4. The molecule has 0 spiro atoms. The highest BCUT2D eigenvalue weighted by molar-refractivity contribution is 6.30. The minimum atomic E-state index is -0.342. The molecule has 1 aromatic rings. The van der Waals surface area contributed by atoms with E-state index in [0.717, 1.165) is 0 Å². The van der Waals surface area contributed by atoms with E-state index < -0.39 is 0 Å². The van der Waals surface area contributed by atoms with Crippen LogP contribution in [0.2, 0.25) is 5.02 Å². The summed E-state index contributed by atoms with van der Waals surface area (Å²) in [6.45, 7) is 0. The summed E-state index contributed by atoms with van der Waals surface area (Å²) in [5.41, 5.74) is 0. The van der Waals surface area contributed by atoms with E-state index in [0.29, 0.717) is 17.2 Å². The van der Waals surface area contributed by atoms with Gasteiger partial charge in [0.15, 0.2) is 0 Å². The topological polar surface area (TPSA) is 26.3 Å². The third-order valence-corrected chi connectivity index (χ3v) is 1.74. The Morgan fingerprint density at radius 1 is 1.57 bits per heavy atom. The Kier molecular flexibility index (Phi) is 4.03. The maximum atomic E-state index is 11.1. The van der Waals surface area contributed by atoms with E-state index in [-0.39, 0.29) is 12.4 Å². The highest BCUT2D eigenvalue weighted by atomic mass is 35.5. The first-order valence-electron chi connectivity index (χ1n) is 4.12. The third kappa shape index (κ3) is 3.51. The monoisotopic (exact) mass is 208 g/mol. The lowest BCUT2D eigenvalue weighted by molar-refractivity contribution is -0.134. The zero-order valence-corrected chi connectivity index (χ0v) is 8.25. The van der Waals surface area contributed by atoms with Crippen molar-refractivity contribution < 1.29 is 9.53 Å². The summed E-state index contributed by atoms with van der Waals surface area (Å²) in [5, 5.41) is 0.534. The van der Waals surface area contributed by atoms with Crippen LogP contribution in [0, 0.1) is 12.3 Å². The van der Waals surface area contributed by atoms with Gasteiger partial charge in [-0.15, -0.1) is 12.3 Å². The van der Waals surface area contributed by atoms with Gasteiger partial charge < -0.3 is 4.74 Å². The number of benzene rings is 1. The Morgan fingerprint density at radius 3 is 3.00 bits per heavy atom. The second-order valence-electron chi connectivity index (χ2n) is 2.64. The molecule has 0 aliphatic heterocycles. The Bertz CT molecular complexity index is 366. The molecule has 0 heterocycles. The van der Waals surface area contributed by atoms with Crippen molar-refractivity contribution in [2.75, 3.05) is 0 Å². The minimum absolute atomic E-state index is 0.225. The number of ether oxygens (including phenoxy) is 1. The number of carbonyl (C=O) groups excluding carboxylic acids is 1. The fraction of sp³-hybridized carbons (Fsp3) is 0.182. The smallest absolute Gasteiger partial charge is 0.312 e. The van der Waals surface area contributed by atoms with Crippen molar-refractivity contribution in [3.05, 3.63) is 29.3 Å². The molecule has 0 fully saturated rings. The van der Waals surface area contributed by atoms with Crippen LogP contribution in [0.25, 0.3) is 0 Å². The largest absolute Gasteiger partial charge is 0.426 e. The molecular formula is C11H9ClO2. The van der Waals surface area contributed by atoms with Crippen LogP contribution in [0.15, 0.2) is 24.3 Å². The van der Waals surface area contributed by atoms with E-state index in [1.54, 1.807) is 24.3 Å². The van der Waals surface area contributed by atoms with Gasteiger partial charge in [-0.25, -0.2) is 0 Å². The molecule has 0 atom stereocenters. The quantitative estimate of drug-likeness (QED) is 0.434. The SMILES string of the molecule is C#CCCC(=O)Oc1cccc(Cl)c1. The third-order valence-electron chi connectivity index (χ3n) is 1.50. The second-order valence-corrected chi connectivity index (χ2v) is 3.07. The number of esters is 1. The van der Waals surface area contributed by atoms with Gasteiger partial charge in [-0.1, -0.05) is 17.7 Å². The van der Waals surface area contributed by atoms with Crippen molar-refractivity contribution in [1.82, 2.24) is 0 Å².